The Balaban J connectivity index is 2.26. The highest BCUT2D eigenvalue weighted by atomic mass is 32.2. The van der Waals surface area contributed by atoms with Crippen LogP contribution in [-0.2, 0) is 0 Å². The van der Waals surface area contributed by atoms with E-state index in [0.29, 0.717) is 0 Å². The van der Waals surface area contributed by atoms with Crippen molar-refractivity contribution in [3.8, 4) is 11.1 Å². The van der Waals surface area contributed by atoms with Crippen molar-refractivity contribution in [3.05, 3.63) is 36.4 Å². The number of thioether (sulfide) groups is 2. The van der Waals surface area contributed by atoms with Gasteiger partial charge in [-0.3, -0.25) is 0 Å². The van der Waals surface area contributed by atoms with Gasteiger partial charge in [-0.25, -0.2) is 4.98 Å². The van der Waals surface area contributed by atoms with Crippen molar-refractivity contribution in [2.45, 2.75) is 9.79 Å². The van der Waals surface area contributed by atoms with Crippen molar-refractivity contribution in [2.24, 2.45) is 0 Å². The number of nitrogen functional groups attached to an aromatic ring is 1. The Labute approximate surface area is 144 Å². The van der Waals surface area contributed by atoms with Gasteiger partial charge in [0.25, 0.3) is 0 Å². The number of nitrogens with one attached hydrogen (secondary N) is 1. The molecule has 3 rings (SSSR count). The number of hydrogen-bond acceptors (Lipinski definition) is 6. The fourth-order valence-corrected chi connectivity index (χ4v) is 3.99. The number of anilines is 2. The van der Waals surface area contributed by atoms with E-state index in [1.165, 1.54) is 15.4 Å². The average molecular weight is 342 g/mol. The molecule has 0 aliphatic rings. The summed E-state index contributed by atoms with van der Waals surface area (Å²) in [5, 5.41) is 4.05. The zero-order valence-electron chi connectivity index (χ0n) is 13.3. The summed E-state index contributed by atoms with van der Waals surface area (Å²) in [4.78, 5) is 11.1. The zero-order chi connectivity index (χ0) is 16.4. The van der Waals surface area contributed by atoms with Crippen LogP contribution in [-0.4, -0.2) is 29.5 Å². The monoisotopic (exact) mass is 342 g/mol. The Morgan fingerprint density at radius 1 is 1.00 bits per heavy atom. The number of hydrogen-bond donors (Lipinski definition) is 2. The van der Waals surface area contributed by atoms with Crippen LogP contribution in [0.4, 0.5) is 11.8 Å². The van der Waals surface area contributed by atoms with Gasteiger partial charge in [0.1, 0.15) is 5.82 Å². The van der Waals surface area contributed by atoms with Crippen molar-refractivity contribution < 1.29 is 0 Å². The maximum absolute atomic E-state index is 5.83. The third-order valence-electron chi connectivity index (χ3n) is 3.67. The molecular formula is C17H18N4S2. The summed E-state index contributed by atoms with van der Waals surface area (Å²) in [7, 11) is 1.84. The molecule has 0 aliphatic carbocycles. The summed E-state index contributed by atoms with van der Waals surface area (Å²) in [6, 6.07) is 12.7. The number of fused-ring (bicyclic) bond motifs is 1. The largest absolute Gasteiger partial charge is 0.372 e. The van der Waals surface area contributed by atoms with Crippen LogP contribution in [0.3, 0.4) is 0 Å². The molecule has 0 saturated heterocycles. The Bertz CT molecular complexity index is 842. The van der Waals surface area contributed by atoms with E-state index in [1.807, 2.05) is 7.05 Å². The molecule has 0 spiro atoms. The smallest absolute Gasteiger partial charge is 0.222 e. The van der Waals surface area contributed by atoms with E-state index < -0.39 is 0 Å². The van der Waals surface area contributed by atoms with Gasteiger partial charge in [0.2, 0.25) is 5.95 Å². The molecule has 4 nitrogen and oxygen atoms in total. The molecule has 1 aromatic heterocycles. The first-order valence-corrected chi connectivity index (χ1v) is 9.59. The first kappa shape index (κ1) is 16.0. The van der Waals surface area contributed by atoms with Crippen molar-refractivity contribution in [1.29, 1.82) is 0 Å². The molecule has 0 saturated carbocycles. The second-order valence-corrected chi connectivity index (χ2v) is 6.65. The highest BCUT2D eigenvalue weighted by molar-refractivity contribution is 7.99. The minimum Gasteiger partial charge on any atom is -0.372 e. The van der Waals surface area contributed by atoms with Crippen molar-refractivity contribution in [2.75, 3.05) is 30.6 Å². The Morgan fingerprint density at radius 2 is 1.70 bits per heavy atom. The fraction of sp³-hybridized carbons (Fsp3) is 0.176. The molecule has 0 bridgehead atoms. The molecule has 0 amide bonds. The first-order chi connectivity index (χ1) is 11.2. The third-order valence-corrected chi connectivity index (χ3v) is 5.23. The van der Waals surface area contributed by atoms with E-state index >= 15 is 0 Å². The second-order valence-electron chi connectivity index (χ2n) is 4.95. The van der Waals surface area contributed by atoms with Gasteiger partial charge in [-0.1, -0.05) is 12.1 Å². The topological polar surface area (TPSA) is 63.8 Å². The van der Waals surface area contributed by atoms with E-state index in [-0.39, 0.29) is 5.95 Å². The molecule has 0 radical (unpaired) electrons. The molecule has 1 heterocycles. The molecule has 0 unspecified atom stereocenters. The molecule has 3 N–H and O–H groups in total. The van der Waals surface area contributed by atoms with E-state index in [0.717, 1.165) is 22.3 Å². The molecule has 0 fully saturated rings. The second kappa shape index (κ2) is 6.68. The summed E-state index contributed by atoms with van der Waals surface area (Å²) in [5.74, 6) is 1.03. The van der Waals surface area contributed by atoms with Crippen LogP contribution < -0.4 is 11.1 Å². The first-order valence-electron chi connectivity index (χ1n) is 7.14. The van der Waals surface area contributed by atoms with E-state index in [9.17, 15) is 0 Å². The van der Waals surface area contributed by atoms with Crippen LogP contribution in [0, 0.1) is 0 Å². The maximum atomic E-state index is 5.83. The fourth-order valence-electron chi connectivity index (χ4n) is 2.63. The van der Waals surface area contributed by atoms with Crippen molar-refractivity contribution in [3.63, 3.8) is 0 Å². The molecule has 118 valence electrons. The van der Waals surface area contributed by atoms with Gasteiger partial charge in [0, 0.05) is 27.8 Å². The van der Waals surface area contributed by atoms with E-state index in [4.69, 9.17) is 5.73 Å². The Hall–Kier alpha value is -1.92. The number of nitrogens with zero attached hydrogens (tertiary/aromatic N) is 2. The van der Waals surface area contributed by atoms with Crippen molar-refractivity contribution in [1.82, 2.24) is 9.97 Å². The average Bonchev–Trinajstić information content (AvgIpc) is 2.59. The van der Waals surface area contributed by atoms with Gasteiger partial charge in [0.05, 0.1) is 5.52 Å². The summed E-state index contributed by atoms with van der Waals surface area (Å²) in [6.07, 6.45) is 4.20. The third kappa shape index (κ3) is 2.96. The molecule has 0 atom stereocenters. The zero-order valence-corrected chi connectivity index (χ0v) is 14.9. The Kier molecular flexibility index (Phi) is 4.63. The number of nitrogens with two attached hydrogens (primary N) is 1. The van der Waals surface area contributed by atoms with Gasteiger partial charge >= 0.3 is 0 Å². The normalized spacial score (nSPS) is 10.9. The summed E-state index contributed by atoms with van der Waals surface area (Å²) < 4.78 is 0. The maximum Gasteiger partial charge on any atom is 0.222 e. The Morgan fingerprint density at radius 3 is 2.30 bits per heavy atom. The summed E-state index contributed by atoms with van der Waals surface area (Å²) >= 11 is 3.51. The molecule has 6 heteroatoms. The molecule has 2 aromatic carbocycles. The lowest BCUT2D eigenvalue weighted by molar-refractivity contribution is 1.22. The van der Waals surface area contributed by atoms with Crippen LogP contribution in [0.2, 0.25) is 0 Å². The molecular weight excluding hydrogens is 324 g/mol. The van der Waals surface area contributed by atoms with Gasteiger partial charge in [0.15, 0.2) is 0 Å². The number of benzene rings is 2. The highest BCUT2D eigenvalue weighted by Crippen LogP contribution is 2.39. The summed E-state index contributed by atoms with van der Waals surface area (Å²) in [5.41, 5.74) is 9.07. The van der Waals surface area contributed by atoms with Gasteiger partial charge in [-0.05, 0) is 42.3 Å². The predicted molar refractivity (Wildman–Crippen MR) is 102 cm³/mol. The minimum atomic E-state index is 0.280. The SMILES string of the molecule is CNc1nc(N)nc2cc(-c3c(SC)cccc3SC)ccc12. The lowest BCUT2D eigenvalue weighted by atomic mass is 10.0. The van der Waals surface area contributed by atoms with Crippen LogP contribution >= 0.6 is 23.5 Å². The predicted octanol–water partition coefficient (Wildman–Crippen LogP) is 4.36. The van der Waals surface area contributed by atoms with E-state index in [1.54, 1.807) is 23.5 Å². The lowest BCUT2D eigenvalue weighted by Crippen LogP contribution is -2.01. The molecule has 3 aromatic rings. The summed E-state index contributed by atoms with van der Waals surface area (Å²) in [6.45, 7) is 0. The minimum absolute atomic E-state index is 0.280. The molecule has 0 aliphatic heterocycles. The van der Waals surface area contributed by atoms with Crippen LogP contribution in [0.5, 0.6) is 0 Å². The molecule has 23 heavy (non-hydrogen) atoms. The van der Waals surface area contributed by atoms with Crippen LogP contribution in [0.1, 0.15) is 0 Å². The van der Waals surface area contributed by atoms with E-state index in [2.05, 4.69) is 64.2 Å². The lowest BCUT2D eigenvalue weighted by Gasteiger charge is -2.13. The van der Waals surface area contributed by atoms with Gasteiger partial charge < -0.3 is 11.1 Å². The standard InChI is InChI=1S/C17H18N4S2/c1-19-16-11-8-7-10(9-12(11)20-17(18)21-16)15-13(22-2)5-4-6-14(15)23-3/h4-9H,1-3H3,(H3,18,19,20,21). The number of rotatable bonds is 4. The quantitative estimate of drug-likeness (QED) is 0.687. The number of aromatic nitrogens is 2. The highest BCUT2D eigenvalue weighted by Gasteiger charge is 2.12. The van der Waals surface area contributed by atoms with Crippen LogP contribution in [0.25, 0.3) is 22.0 Å². The van der Waals surface area contributed by atoms with Crippen LogP contribution in [0.15, 0.2) is 46.2 Å². The van der Waals surface area contributed by atoms with Gasteiger partial charge in [-0.2, -0.15) is 4.98 Å². The van der Waals surface area contributed by atoms with Gasteiger partial charge in [-0.15, -0.1) is 23.5 Å². The van der Waals surface area contributed by atoms with Crippen molar-refractivity contribution >= 4 is 46.2 Å².